The largest absolute Gasteiger partial charge is 0.310 e. The third-order valence-corrected chi connectivity index (χ3v) is 6.39. The van der Waals surface area contributed by atoms with Crippen molar-refractivity contribution in [2.24, 2.45) is 0 Å². The van der Waals surface area contributed by atoms with Crippen LogP contribution in [0.2, 0.25) is 0 Å². The number of amides is 1. The first-order valence-corrected chi connectivity index (χ1v) is 10.9. The maximum atomic E-state index is 13.2. The van der Waals surface area contributed by atoms with Crippen molar-refractivity contribution in [1.29, 1.82) is 0 Å². The molecule has 4 rings (SSSR count). The standard InChI is InChI=1S/C22H23N3O2S/c1-3-17(16-10-5-4-6-11-16)22(26)23-21-18-13-28(27)14-19(18)24-25(21)20-12-8-7-9-15(20)2/h4-12,17H,3,13-14H2,1-2H3,(H,23,26)/t17-,28-/m1/s1. The van der Waals surface area contributed by atoms with E-state index in [0.29, 0.717) is 23.7 Å². The van der Waals surface area contributed by atoms with Gasteiger partial charge in [-0.3, -0.25) is 9.00 Å². The van der Waals surface area contributed by atoms with E-state index in [4.69, 9.17) is 5.10 Å². The summed E-state index contributed by atoms with van der Waals surface area (Å²) in [7, 11) is -0.959. The van der Waals surface area contributed by atoms with Crippen molar-refractivity contribution in [2.75, 3.05) is 5.32 Å². The van der Waals surface area contributed by atoms with E-state index in [1.54, 1.807) is 4.68 Å². The molecular weight excluding hydrogens is 370 g/mol. The highest BCUT2D eigenvalue weighted by atomic mass is 32.2. The second-order valence-electron chi connectivity index (χ2n) is 7.06. The summed E-state index contributed by atoms with van der Waals surface area (Å²) in [4.78, 5) is 13.2. The van der Waals surface area contributed by atoms with Crippen LogP contribution in [0, 0.1) is 6.92 Å². The molecule has 3 aromatic rings. The zero-order chi connectivity index (χ0) is 19.7. The summed E-state index contributed by atoms with van der Waals surface area (Å²) < 4.78 is 13.9. The summed E-state index contributed by atoms with van der Waals surface area (Å²) in [5, 5.41) is 7.81. The lowest BCUT2D eigenvalue weighted by Gasteiger charge is -2.17. The smallest absolute Gasteiger partial charge is 0.233 e. The minimum atomic E-state index is -0.959. The average Bonchev–Trinajstić information content (AvgIpc) is 3.21. The second kappa shape index (κ2) is 7.72. The Bertz CT molecular complexity index is 1040. The fraction of sp³-hybridized carbons (Fsp3) is 0.273. The van der Waals surface area contributed by atoms with Gasteiger partial charge in [-0.25, -0.2) is 4.68 Å². The lowest BCUT2D eigenvalue weighted by Crippen LogP contribution is -2.23. The lowest BCUT2D eigenvalue weighted by atomic mass is 9.95. The minimum Gasteiger partial charge on any atom is -0.310 e. The third-order valence-electron chi connectivity index (χ3n) is 5.18. The second-order valence-corrected chi connectivity index (χ2v) is 8.52. The molecule has 2 atom stereocenters. The van der Waals surface area contributed by atoms with E-state index in [9.17, 15) is 9.00 Å². The maximum absolute atomic E-state index is 13.2. The molecule has 1 N–H and O–H groups in total. The molecule has 5 nitrogen and oxygen atoms in total. The Labute approximate surface area is 167 Å². The summed E-state index contributed by atoms with van der Waals surface area (Å²) in [5.41, 5.74) is 4.67. The zero-order valence-corrected chi connectivity index (χ0v) is 16.8. The number of carbonyl (C=O) groups is 1. The molecule has 28 heavy (non-hydrogen) atoms. The average molecular weight is 394 g/mol. The van der Waals surface area contributed by atoms with E-state index in [1.165, 1.54) is 0 Å². The van der Waals surface area contributed by atoms with Crippen molar-refractivity contribution in [1.82, 2.24) is 9.78 Å². The van der Waals surface area contributed by atoms with Gasteiger partial charge in [0.05, 0.1) is 28.8 Å². The molecule has 0 spiro atoms. The number of nitrogens with one attached hydrogen (secondary N) is 1. The molecule has 1 amide bonds. The van der Waals surface area contributed by atoms with Gasteiger partial charge in [0.2, 0.25) is 5.91 Å². The van der Waals surface area contributed by atoms with Crippen LogP contribution in [-0.4, -0.2) is 19.9 Å². The van der Waals surface area contributed by atoms with Crippen molar-refractivity contribution in [3.05, 3.63) is 77.0 Å². The van der Waals surface area contributed by atoms with Crippen LogP contribution in [0.25, 0.3) is 5.69 Å². The minimum absolute atomic E-state index is 0.0658. The Morgan fingerprint density at radius 1 is 1.14 bits per heavy atom. The number of para-hydroxylation sites is 1. The van der Waals surface area contributed by atoms with Crippen molar-refractivity contribution in [3.63, 3.8) is 0 Å². The summed E-state index contributed by atoms with van der Waals surface area (Å²) in [6.45, 7) is 4.03. The van der Waals surface area contributed by atoms with E-state index >= 15 is 0 Å². The van der Waals surface area contributed by atoms with Crippen LogP contribution in [0.15, 0.2) is 54.6 Å². The van der Waals surface area contributed by atoms with E-state index < -0.39 is 10.8 Å². The van der Waals surface area contributed by atoms with Gasteiger partial charge in [-0.15, -0.1) is 0 Å². The molecule has 0 radical (unpaired) electrons. The summed E-state index contributed by atoms with van der Waals surface area (Å²) >= 11 is 0. The predicted molar refractivity (Wildman–Crippen MR) is 112 cm³/mol. The first-order chi connectivity index (χ1) is 13.6. The van der Waals surface area contributed by atoms with Gasteiger partial charge in [-0.05, 0) is 30.5 Å². The van der Waals surface area contributed by atoms with E-state index in [0.717, 1.165) is 28.1 Å². The van der Waals surface area contributed by atoms with Crippen LogP contribution < -0.4 is 5.32 Å². The highest BCUT2D eigenvalue weighted by Gasteiger charge is 2.30. The van der Waals surface area contributed by atoms with Gasteiger partial charge in [0, 0.05) is 16.4 Å². The van der Waals surface area contributed by atoms with Gasteiger partial charge in [0.15, 0.2) is 0 Å². The van der Waals surface area contributed by atoms with Crippen LogP contribution in [0.4, 0.5) is 5.82 Å². The molecular formula is C22H23N3O2S. The van der Waals surface area contributed by atoms with E-state index in [-0.39, 0.29) is 11.8 Å². The molecule has 0 saturated carbocycles. The Kier molecular flexibility index (Phi) is 5.13. The molecule has 0 aliphatic carbocycles. The number of carbonyl (C=O) groups excluding carboxylic acids is 1. The van der Waals surface area contributed by atoms with E-state index in [2.05, 4.69) is 5.32 Å². The van der Waals surface area contributed by atoms with Gasteiger partial charge >= 0.3 is 0 Å². The summed E-state index contributed by atoms with van der Waals surface area (Å²) in [5.74, 6) is 1.20. The number of fused-ring (bicyclic) bond motifs is 1. The highest BCUT2D eigenvalue weighted by molar-refractivity contribution is 7.83. The number of anilines is 1. The SMILES string of the molecule is CC[C@@H](C(=O)Nc1c2c(nn1-c1ccccc1C)C[S@](=O)C2)c1ccccc1. The van der Waals surface area contributed by atoms with Gasteiger partial charge in [-0.1, -0.05) is 55.5 Å². The van der Waals surface area contributed by atoms with Crippen LogP contribution in [0.3, 0.4) is 0 Å². The number of nitrogens with zero attached hydrogens (tertiary/aromatic N) is 2. The monoisotopic (exact) mass is 393 g/mol. The first-order valence-electron chi connectivity index (χ1n) is 9.46. The molecule has 6 heteroatoms. The summed E-state index contributed by atoms with van der Waals surface area (Å²) in [6, 6.07) is 17.7. The van der Waals surface area contributed by atoms with Crippen LogP contribution in [0.5, 0.6) is 0 Å². The fourth-order valence-corrected chi connectivity index (χ4v) is 4.96. The molecule has 0 fully saturated rings. The van der Waals surface area contributed by atoms with Gasteiger partial charge in [-0.2, -0.15) is 5.10 Å². The Morgan fingerprint density at radius 2 is 1.86 bits per heavy atom. The molecule has 2 aromatic carbocycles. The topological polar surface area (TPSA) is 64.0 Å². The van der Waals surface area contributed by atoms with Crippen LogP contribution in [-0.2, 0) is 27.1 Å². The van der Waals surface area contributed by atoms with Crippen LogP contribution in [0.1, 0.15) is 41.6 Å². The third kappa shape index (κ3) is 3.40. The maximum Gasteiger partial charge on any atom is 0.233 e. The zero-order valence-electron chi connectivity index (χ0n) is 16.0. The number of hydrogen-bond acceptors (Lipinski definition) is 3. The molecule has 2 heterocycles. The number of rotatable bonds is 5. The molecule has 0 saturated heterocycles. The number of aryl methyl sites for hydroxylation is 1. The summed E-state index contributed by atoms with van der Waals surface area (Å²) in [6.07, 6.45) is 0.697. The number of hydrogen-bond donors (Lipinski definition) is 1. The van der Waals surface area contributed by atoms with Gasteiger partial charge in [0.25, 0.3) is 0 Å². The van der Waals surface area contributed by atoms with Crippen molar-refractivity contribution < 1.29 is 9.00 Å². The van der Waals surface area contributed by atoms with Crippen LogP contribution >= 0.6 is 0 Å². The Hall–Kier alpha value is -2.73. The normalized spacial score (nSPS) is 16.6. The predicted octanol–water partition coefficient (Wildman–Crippen LogP) is 4.08. The highest BCUT2D eigenvalue weighted by Crippen LogP contribution is 2.33. The quantitative estimate of drug-likeness (QED) is 0.710. The Morgan fingerprint density at radius 3 is 2.57 bits per heavy atom. The molecule has 144 valence electrons. The fourth-order valence-electron chi connectivity index (χ4n) is 3.69. The molecule has 1 aliphatic heterocycles. The van der Waals surface area contributed by atoms with E-state index in [1.807, 2.05) is 68.4 Å². The number of benzene rings is 2. The van der Waals surface area contributed by atoms with Gasteiger partial charge < -0.3 is 5.32 Å². The molecule has 1 aliphatic rings. The van der Waals surface area contributed by atoms with Gasteiger partial charge in [0.1, 0.15) is 5.82 Å². The molecule has 1 aromatic heterocycles. The van der Waals surface area contributed by atoms with Crippen molar-refractivity contribution in [3.8, 4) is 5.69 Å². The number of aromatic nitrogens is 2. The Balaban J connectivity index is 1.74. The first kappa shape index (κ1) is 18.6. The lowest BCUT2D eigenvalue weighted by molar-refractivity contribution is -0.117. The van der Waals surface area contributed by atoms with Crippen molar-refractivity contribution in [2.45, 2.75) is 37.7 Å². The molecule has 0 unspecified atom stereocenters. The van der Waals surface area contributed by atoms with Crippen molar-refractivity contribution >= 4 is 22.5 Å². The molecule has 0 bridgehead atoms.